The molecule has 0 fully saturated rings. The predicted octanol–water partition coefficient (Wildman–Crippen LogP) is 1.46. The fraction of sp³-hybridized carbons (Fsp3) is 0.182. The minimum atomic E-state index is -0.708. The molecule has 5 nitrogen and oxygen atoms in total. The minimum absolute atomic E-state index is 0.429. The average molecular weight is 246 g/mol. The Bertz CT molecular complexity index is 590. The maximum absolute atomic E-state index is 9.97. The Kier molecular flexibility index (Phi) is 2.58. The zero-order valence-corrected chi connectivity index (χ0v) is 9.71. The first-order valence-electron chi connectivity index (χ1n) is 5.19. The van der Waals surface area contributed by atoms with Gasteiger partial charge in [0, 0.05) is 36.6 Å². The van der Waals surface area contributed by atoms with Gasteiger partial charge in [0.25, 0.3) is 0 Å². The molecule has 0 saturated heterocycles. The topological polar surface area (TPSA) is 63.3 Å². The van der Waals surface area contributed by atoms with Gasteiger partial charge in [-0.1, -0.05) is 0 Å². The van der Waals surface area contributed by atoms with Crippen molar-refractivity contribution >= 4 is 16.3 Å². The Morgan fingerprint density at radius 2 is 2.18 bits per heavy atom. The van der Waals surface area contributed by atoms with Gasteiger partial charge in [-0.15, -0.1) is 11.3 Å². The molecule has 0 saturated carbocycles. The van der Waals surface area contributed by atoms with Gasteiger partial charge in [-0.2, -0.15) is 0 Å². The summed E-state index contributed by atoms with van der Waals surface area (Å²) in [5, 5.41) is 11.9. The first-order chi connectivity index (χ1) is 8.33. The van der Waals surface area contributed by atoms with Crippen molar-refractivity contribution < 1.29 is 5.11 Å². The summed E-state index contributed by atoms with van der Waals surface area (Å²) in [6.07, 6.45) is 6.83. The fourth-order valence-corrected chi connectivity index (χ4v) is 2.37. The Balaban J connectivity index is 1.81. The quantitative estimate of drug-likeness (QED) is 0.760. The van der Waals surface area contributed by atoms with Gasteiger partial charge in [0.2, 0.25) is 0 Å². The Morgan fingerprint density at radius 3 is 2.94 bits per heavy atom. The third-order valence-corrected chi connectivity index (χ3v) is 3.20. The monoisotopic (exact) mass is 246 g/mol. The first kappa shape index (κ1) is 10.4. The summed E-state index contributed by atoms with van der Waals surface area (Å²) >= 11 is 1.57. The molecule has 0 aliphatic heterocycles. The Morgan fingerprint density at radius 1 is 1.35 bits per heavy atom. The van der Waals surface area contributed by atoms with Crippen LogP contribution in [0.2, 0.25) is 0 Å². The molecule has 0 aromatic carbocycles. The van der Waals surface area contributed by atoms with Crippen LogP contribution in [0.15, 0.2) is 36.2 Å². The highest BCUT2D eigenvalue weighted by Gasteiger charge is 2.13. The van der Waals surface area contributed by atoms with Crippen molar-refractivity contribution in [2.45, 2.75) is 12.5 Å². The molecule has 0 aliphatic rings. The predicted molar refractivity (Wildman–Crippen MR) is 63.8 cm³/mol. The molecule has 0 radical (unpaired) electrons. The van der Waals surface area contributed by atoms with Gasteiger partial charge in [0.15, 0.2) is 10.8 Å². The van der Waals surface area contributed by atoms with E-state index in [1.807, 2.05) is 22.2 Å². The van der Waals surface area contributed by atoms with E-state index in [-0.39, 0.29) is 0 Å². The molecule has 1 unspecified atom stereocenters. The van der Waals surface area contributed by atoms with E-state index < -0.39 is 6.10 Å². The Hall–Kier alpha value is -1.79. The number of rotatable bonds is 3. The van der Waals surface area contributed by atoms with E-state index >= 15 is 0 Å². The normalized spacial score (nSPS) is 13.0. The molecular formula is C11H10N4OS. The summed E-state index contributed by atoms with van der Waals surface area (Å²) in [5.74, 6) is 0.434. The van der Waals surface area contributed by atoms with Crippen LogP contribution >= 0.6 is 11.3 Å². The number of fused-ring (bicyclic) bond motifs is 1. The molecule has 3 heterocycles. The second kappa shape index (κ2) is 4.23. The SMILES string of the molecule is OC(Cc1cn2ccsc2n1)c1ncccn1. The summed E-state index contributed by atoms with van der Waals surface area (Å²) < 4.78 is 1.94. The van der Waals surface area contributed by atoms with Gasteiger partial charge in [-0.3, -0.25) is 4.40 Å². The van der Waals surface area contributed by atoms with Gasteiger partial charge in [-0.05, 0) is 6.07 Å². The molecule has 0 bridgehead atoms. The van der Waals surface area contributed by atoms with Crippen molar-refractivity contribution in [2.24, 2.45) is 0 Å². The van der Waals surface area contributed by atoms with Crippen molar-refractivity contribution in [2.75, 3.05) is 0 Å². The molecule has 3 rings (SSSR count). The number of aromatic nitrogens is 4. The number of hydrogen-bond donors (Lipinski definition) is 1. The zero-order chi connectivity index (χ0) is 11.7. The van der Waals surface area contributed by atoms with E-state index in [2.05, 4.69) is 15.0 Å². The molecule has 0 aliphatic carbocycles. The number of hydrogen-bond acceptors (Lipinski definition) is 5. The van der Waals surface area contributed by atoms with Crippen LogP contribution in [0.1, 0.15) is 17.6 Å². The van der Waals surface area contributed by atoms with E-state index in [0.717, 1.165) is 10.7 Å². The summed E-state index contributed by atoms with van der Waals surface area (Å²) in [5.41, 5.74) is 0.844. The van der Waals surface area contributed by atoms with Crippen molar-refractivity contribution in [3.05, 3.63) is 47.8 Å². The molecular weight excluding hydrogens is 236 g/mol. The molecule has 0 amide bonds. The van der Waals surface area contributed by atoms with Crippen molar-refractivity contribution in [1.29, 1.82) is 0 Å². The van der Waals surface area contributed by atoms with Gasteiger partial charge in [-0.25, -0.2) is 15.0 Å². The van der Waals surface area contributed by atoms with E-state index in [0.29, 0.717) is 12.2 Å². The van der Waals surface area contributed by atoms with Crippen LogP contribution in [0.3, 0.4) is 0 Å². The van der Waals surface area contributed by atoms with Crippen LogP contribution in [-0.4, -0.2) is 24.5 Å². The summed E-state index contributed by atoms with van der Waals surface area (Å²) in [6.45, 7) is 0. The lowest BCUT2D eigenvalue weighted by atomic mass is 10.2. The van der Waals surface area contributed by atoms with Crippen LogP contribution in [0.25, 0.3) is 4.96 Å². The fourth-order valence-electron chi connectivity index (χ4n) is 1.65. The Labute approximate surface area is 101 Å². The maximum atomic E-state index is 9.97. The highest BCUT2D eigenvalue weighted by Crippen LogP contribution is 2.16. The molecule has 86 valence electrons. The largest absolute Gasteiger partial charge is 0.385 e. The third-order valence-electron chi connectivity index (χ3n) is 2.43. The lowest BCUT2D eigenvalue weighted by molar-refractivity contribution is 0.167. The lowest BCUT2D eigenvalue weighted by Gasteiger charge is -2.05. The zero-order valence-electron chi connectivity index (χ0n) is 8.89. The third kappa shape index (κ3) is 2.04. The molecule has 0 spiro atoms. The number of nitrogens with zero attached hydrogens (tertiary/aromatic N) is 4. The highest BCUT2D eigenvalue weighted by molar-refractivity contribution is 7.15. The van der Waals surface area contributed by atoms with Crippen molar-refractivity contribution in [3.8, 4) is 0 Å². The summed E-state index contributed by atoms with van der Waals surface area (Å²) in [7, 11) is 0. The second-order valence-corrected chi connectivity index (χ2v) is 4.53. The van der Waals surface area contributed by atoms with E-state index in [4.69, 9.17) is 0 Å². The molecule has 1 atom stereocenters. The van der Waals surface area contributed by atoms with Crippen molar-refractivity contribution in [1.82, 2.24) is 19.4 Å². The van der Waals surface area contributed by atoms with Gasteiger partial charge < -0.3 is 5.11 Å². The average Bonchev–Trinajstić information content (AvgIpc) is 2.90. The van der Waals surface area contributed by atoms with Crippen LogP contribution < -0.4 is 0 Å². The number of imidazole rings is 1. The number of aliphatic hydroxyl groups is 1. The maximum Gasteiger partial charge on any atom is 0.193 e. The molecule has 17 heavy (non-hydrogen) atoms. The van der Waals surface area contributed by atoms with Gasteiger partial charge in [0.05, 0.1) is 5.69 Å². The number of aliphatic hydroxyl groups excluding tert-OH is 1. The van der Waals surface area contributed by atoms with E-state index in [1.54, 1.807) is 29.8 Å². The van der Waals surface area contributed by atoms with Gasteiger partial charge in [0.1, 0.15) is 6.10 Å². The first-order valence-corrected chi connectivity index (χ1v) is 6.07. The van der Waals surface area contributed by atoms with Crippen molar-refractivity contribution in [3.63, 3.8) is 0 Å². The smallest absolute Gasteiger partial charge is 0.193 e. The highest BCUT2D eigenvalue weighted by atomic mass is 32.1. The van der Waals surface area contributed by atoms with Crippen LogP contribution in [0.5, 0.6) is 0 Å². The molecule has 1 N–H and O–H groups in total. The summed E-state index contributed by atoms with van der Waals surface area (Å²) in [6, 6.07) is 1.73. The lowest BCUT2D eigenvalue weighted by Crippen LogP contribution is -2.06. The standard InChI is InChI=1S/C11H10N4OS/c16-9(10-12-2-1-3-13-10)6-8-7-15-4-5-17-11(15)14-8/h1-5,7,9,16H,6H2. The van der Waals surface area contributed by atoms with Gasteiger partial charge >= 0.3 is 0 Å². The van der Waals surface area contributed by atoms with Crippen LogP contribution in [0.4, 0.5) is 0 Å². The second-order valence-electron chi connectivity index (χ2n) is 3.65. The molecule has 3 aromatic heterocycles. The van der Waals surface area contributed by atoms with E-state index in [9.17, 15) is 5.11 Å². The molecule has 6 heteroatoms. The van der Waals surface area contributed by atoms with Crippen LogP contribution in [0, 0.1) is 0 Å². The van der Waals surface area contributed by atoms with E-state index in [1.165, 1.54) is 0 Å². The van der Waals surface area contributed by atoms with Crippen LogP contribution in [-0.2, 0) is 6.42 Å². The minimum Gasteiger partial charge on any atom is -0.385 e. The molecule has 3 aromatic rings. The number of thiazole rings is 1. The summed E-state index contributed by atoms with van der Waals surface area (Å²) in [4.78, 5) is 13.4.